The van der Waals surface area contributed by atoms with Gasteiger partial charge in [-0.05, 0) is 12.8 Å². The highest BCUT2D eigenvalue weighted by atomic mass is 16.6. The fraction of sp³-hybridized carbons (Fsp3) is 0.889. The summed E-state index contributed by atoms with van der Waals surface area (Å²) < 4.78 is 5.20. The summed E-state index contributed by atoms with van der Waals surface area (Å²) in [7, 11) is 0. The molecule has 1 atom stereocenters. The number of carbonyl (C=O) groups excluding carboxylic acids is 1. The minimum Gasteiger partial charge on any atom is -0.444 e. The second-order valence-corrected chi connectivity index (χ2v) is 4.14. The Balaban J connectivity index is 2.03. The first-order chi connectivity index (χ1) is 5.71. The normalized spacial score (nSPS) is 33.1. The van der Waals surface area contributed by atoms with Crippen molar-refractivity contribution in [2.75, 3.05) is 6.54 Å². The summed E-state index contributed by atoms with van der Waals surface area (Å²) in [5.74, 6) is 0. The van der Waals surface area contributed by atoms with Crippen LogP contribution >= 0.6 is 0 Å². The Hall–Kier alpha value is -0.730. The fourth-order valence-electron chi connectivity index (χ4n) is 2.28. The zero-order chi connectivity index (χ0) is 8.60. The van der Waals surface area contributed by atoms with Crippen molar-refractivity contribution in [3.63, 3.8) is 0 Å². The minimum absolute atomic E-state index is 0.118. The van der Waals surface area contributed by atoms with Gasteiger partial charge in [-0.25, -0.2) is 4.79 Å². The maximum atomic E-state index is 10.8. The summed E-state index contributed by atoms with van der Waals surface area (Å²) in [6, 6.07) is 0. The third-order valence-corrected chi connectivity index (χ3v) is 3.20. The minimum atomic E-state index is -0.242. The van der Waals surface area contributed by atoms with Crippen LogP contribution in [0.25, 0.3) is 0 Å². The molecule has 0 spiro atoms. The van der Waals surface area contributed by atoms with Gasteiger partial charge in [-0.1, -0.05) is 19.8 Å². The highest BCUT2D eigenvalue weighted by molar-refractivity contribution is 5.69. The van der Waals surface area contributed by atoms with Crippen molar-refractivity contribution in [1.82, 2.24) is 5.32 Å². The van der Waals surface area contributed by atoms with Crippen molar-refractivity contribution in [2.24, 2.45) is 5.41 Å². The SMILES string of the molecule is CC1(C2CNC(=O)O2)CCCC1. The van der Waals surface area contributed by atoms with Crippen LogP contribution in [0.3, 0.4) is 0 Å². The van der Waals surface area contributed by atoms with Crippen LogP contribution < -0.4 is 5.32 Å². The molecule has 0 aromatic carbocycles. The van der Waals surface area contributed by atoms with Gasteiger partial charge >= 0.3 is 6.09 Å². The number of hydrogen-bond donors (Lipinski definition) is 1. The molecule has 1 N–H and O–H groups in total. The van der Waals surface area contributed by atoms with E-state index in [4.69, 9.17) is 4.74 Å². The molecule has 1 heterocycles. The fourth-order valence-corrected chi connectivity index (χ4v) is 2.28. The van der Waals surface area contributed by atoms with Gasteiger partial charge in [-0.15, -0.1) is 0 Å². The summed E-state index contributed by atoms with van der Waals surface area (Å²) >= 11 is 0. The molecular weight excluding hydrogens is 154 g/mol. The predicted octanol–water partition coefficient (Wildman–Crippen LogP) is 1.68. The molecule has 2 rings (SSSR count). The van der Waals surface area contributed by atoms with E-state index in [2.05, 4.69) is 12.2 Å². The molecule has 3 heteroatoms. The van der Waals surface area contributed by atoms with Gasteiger partial charge in [-0.2, -0.15) is 0 Å². The van der Waals surface area contributed by atoms with E-state index < -0.39 is 0 Å². The lowest BCUT2D eigenvalue weighted by molar-refractivity contribution is 0.0553. The Morgan fingerprint density at radius 2 is 2.17 bits per heavy atom. The zero-order valence-corrected chi connectivity index (χ0v) is 7.43. The van der Waals surface area contributed by atoms with E-state index in [0.717, 1.165) is 0 Å². The number of amides is 1. The first-order valence-corrected chi connectivity index (χ1v) is 4.65. The zero-order valence-electron chi connectivity index (χ0n) is 7.43. The van der Waals surface area contributed by atoms with Crippen LogP contribution in [0.1, 0.15) is 32.6 Å². The van der Waals surface area contributed by atoms with Crippen molar-refractivity contribution in [3.05, 3.63) is 0 Å². The lowest BCUT2D eigenvalue weighted by atomic mass is 9.83. The molecule has 1 amide bonds. The first-order valence-electron chi connectivity index (χ1n) is 4.65. The van der Waals surface area contributed by atoms with Gasteiger partial charge in [0.1, 0.15) is 6.10 Å². The Bertz CT molecular complexity index is 197. The Kier molecular flexibility index (Phi) is 1.74. The van der Waals surface area contributed by atoms with E-state index in [9.17, 15) is 4.79 Å². The van der Waals surface area contributed by atoms with E-state index in [1.165, 1.54) is 25.7 Å². The van der Waals surface area contributed by atoms with Gasteiger partial charge in [0.2, 0.25) is 0 Å². The molecule has 2 aliphatic rings. The van der Waals surface area contributed by atoms with Crippen LogP contribution in [-0.2, 0) is 4.74 Å². The molecule has 68 valence electrons. The number of hydrogen-bond acceptors (Lipinski definition) is 2. The molecule has 1 unspecified atom stereocenters. The summed E-state index contributed by atoms with van der Waals surface area (Å²) in [5.41, 5.74) is 0.249. The van der Waals surface area contributed by atoms with Crippen LogP contribution in [0.15, 0.2) is 0 Å². The highest BCUT2D eigenvalue weighted by Gasteiger charge is 2.42. The van der Waals surface area contributed by atoms with E-state index >= 15 is 0 Å². The van der Waals surface area contributed by atoms with Gasteiger partial charge in [0.05, 0.1) is 6.54 Å². The molecule has 12 heavy (non-hydrogen) atoms. The van der Waals surface area contributed by atoms with Gasteiger partial charge in [0.25, 0.3) is 0 Å². The average Bonchev–Trinajstić information content (AvgIpc) is 2.59. The third kappa shape index (κ3) is 1.17. The third-order valence-electron chi connectivity index (χ3n) is 3.20. The predicted molar refractivity (Wildman–Crippen MR) is 44.8 cm³/mol. The summed E-state index contributed by atoms with van der Waals surface area (Å²) in [6.45, 7) is 2.93. The van der Waals surface area contributed by atoms with Gasteiger partial charge < -0.3 is 10.1 Å². The van der Waals surface area contributed by atoms with Crippen LogP contribution in [0, 0.1) is 5.41 Å². The maximum Gasteiger partial charge on any atom is 0.407 e. The second kappa shape index (κ2) is 2.64. The molecule has 1 saturated heterocycles. The number of rotatable bonds is 1. The number of carbonyl (C=O) groups is 1. The van der Waals surface area contributed by atoms with E-state index in [-0.39, 0.29) is 17.6 Å². The van der Waals surface area contributed by atoms with Crippen molar-refractivity contribution in [1.29, 1.82) is 0 Å². The van der Waals surface area contributed by atoms with Gasteiger partial charge in [0.15, 0.2) is 0 Å². The van der Waals surface area contributed by atoms with Crippen LogP contribution in [0.5, 0.6) is 0 Å². The number of nitrogens with one attached hydrogen (secondary N) is 1. The van der Waals surface area contributed by atoms with Crippen molar-refractivity contribution in [2.45, 2.75) is 38.7 Å². The summed E-state index contributed by atoms with van der Waals surface area (Å²) in [5, 5.41) is 2.71. The lowest BCUT2D eigenvalue weighted by Gasteiger charge is -2.28. The molecule has 0 bridgehead atoms. The van der Waals surface area contributed by atoms with Crippen molar-refractivity contribution < 1.29 is 9.53 Å². The average molecular weight is 169 g/mol. The summed E-state index contributed by atoms with van der Waals surface area (Å²) in [6.07, 6.45) is 4.84. The number of alkyl carbamates (subject to hydrolysis) is 1. The smallest absolute Gasteiger partial charge is 0.407 e. The standard InChI is InChI=1S/C9H15NO2/c1-9(4-2-3-5-9)7-6-10-8(11)12-7/h7H,2-6H2,1H3,(H,10,11). The largest absolute Gasteiger partial charge is 0.444 e. The van der Waals surface area contributed by atoms with E-state index in [1.54, 1.807) is 0 Å². The molecule has 1 saturated carbocycles. The van der Waals surface area contributed by atoms with Crippen molar-refractivity contribution in [3.8, 4) is 0 Å². The lowest BCUT2D eigenvalue weighted by Crippen LogP contribution is -2.32. The van der Waals surface area contributed by atoms with Crippen LogP contribution in [-0.4, -0.2) is 18.7 Å². The van der Waals surface area contributed by atoms with Crippen LogP contribution in [0.4, 0.5) is 4.79 Å². The van der Waals surface area contributed by atoms with E-state index in [1.807, 2.05) is 0 Å². The van der Waals surface area contributed by atoms with Gasteiger partial charge in [-0.3, -0.25) is 0 Å². The van der Waals surface area contributed by atoms with E-state index in [0.29, 0.717) is 6.54 Å². The second-order valence-electron chi connectivity index (χ2n) is 4.14. The molecule has 0 aromatic rings. The number of ether oxygens (including phenoxy) is 1. The molecular formula is C9H15NO2. The topological polar surface area (TPSA) is 38.3 Å². The summed E-state index contributed by atoms with van der Waals surface area (Å²) in [4.78, 5) is 10.8. The maximum absolute atomic E-state index is 10.8. The van der Waals surface area contributed by atoms with Crippen LogP contribution in [0.2, 0.25) is 0 Å². The molecule has 0 aromatic heterocycles. The Labute approximate surface area is 72.5 Å². The molecule has 1 aliphatic carbocycles. The monoisotopic (exact) mass is 169 g/mol. The molecule has 2 fully saturated rings. The number of cyclic esters (lactones) is 1. The quantitative estimate of drug-likeness (QED) is 0.648. The Morgan fingerprint density at radius 3 is 2.67 bits per heavy atom. The molecule has 0 radical (unpaired) electrons. The highest BCUT2D eigenvalue weighted by Crippen LogP contribution is 2.42. The Morgan fingerprint density at radius 1 is 1.50 bits per heavy atom. The molecule has 1 aliphatic heterocycles. The van der Waals surface area contributed by atoms with Crippen molar-refractivity contribution >= 4 is 6.09 Å². The molecule has 3 nitrogen and oxygen atoms in total. The first kappa shape index (κ1) is 7.90. The van der Waals surface area contributed by atoms with Gasteiger partial charge in [0, 0.05) is 5.41 Å².